The minimum Gasteiger partial charge on any atom is -0.398 e. The van der Waals surface area contributed by atoms with E-state index in [0.717, 1.165) is 0 Å². The predicted molar refractivity (Wildman–Crippen MR) is 55.7 cm³/mol. The van der Waals surface area contributed by atoms with Crippen molar-refractivity contribution in [3.05, 3.63) is 29.3 Å². The van der Waals surface area contributed by atoms with Crippen molar-refractivity contribution >= 4 is 28.3 Å². The summed E-state index contributed by atoms with van der Waals surface area (Å²) in [4.78, 5) is 22.5. The van der Waals surface area contributed by atoms with Crippen LogP contribution in [-0.2, 0) is 0 Å². The van der Waals surface area contributed by atoms with Crippen LogP contribution < -0.4 is 5.73 Å². The number of hydrogen-bond donors (Lipinski definition) is 1. The molecule has 3 nitrogen and oxygen atoms in total. The number of hydrogen-bond acceptors (Lipinski definition) is 3. The maximum atomic E-state index is 11.5. The fourth-order valence-electron chi connectivity index (χ4n) is 1.22. The molecule has 14 heavy (non-hydrogen) atoms. The van der Waals surface area contributed by atoms with Crippen LogP contribution in [0.2, 0.25) is 0 Å². The second kappa shape index (κ2) is 4.24. The number of benzene rings is 1. The van der Waals surface area contributed by atoms with Gasteiger partial charge in [0.1, 0.15) is 0 Å². The molecule has 0 radical (unpaired) electrons. The Balaban J connectivity index is 3.36. The van der Waals surface area contributed by atoms with Gasteiger partial charge in [0.25, 0.3) is 5.24 Å². The van der Waals surface area contributed by atoms with Crippen molar-refractivity contribution in [2.24, 2.45) is 0 Å². The molecule has 0 atom stereocenters. The van der Waals surface area contributed by atoms with Gasteiger partial charge in [0.05, 0.1) is 5.56 Å². The van der Waals surface area contributed by atoms with Crippen molar-refractivity contribution in [3.63, 3.8) is 0 Å². The fourth-order valence-corrected chi connectivity index (χ4v) is 1.38. The first-order valence-corrected chi connectivity index (χ1v) is 4.57. The molecule has 1 aromatic carbocycles. The van der Waals surface area contributed by atoms with Gasteiger partial charge in [0.2, 0.25) is 0 Å². The van der Waals surface area contributed by atoms with Gasteiger partial charge in [-0.3, -0.25) is 9.59 Å². The summed E-state index contributed by atoms with van der Waals surface area (Å²) >= 11 is 5.33. The van der Waals surface area contributed by atoms with Crippen LogP contribution in [0.15, 0.2) is 18.2 Å². The molecule has 0 fully saturated rings. The smallest absolute Gasteiger partial charge is 0.253 e. The molecular weight excluding hydrogens is 202 g/mol. The molecule has 74 valence electrons. The summed E-state index contributed by atoms with van der Waals surface area (Å²) in [6.45, 7) is 1.71. The lowest BCUT2D eigenvalue weighted by Crippen LogP contribution is -2.08. The molecule has 0 aromatic heterocycles. The molecule has 0 unspecified atom stereocenters. The molecule has 0 aliphatic carbocycles. The molecule has 0 bridgehead atoms. The van der Waals surface area contributed by atoms with E-state index in [9.17, 15) is 9.59 Å². The number of ketones is 1. The number of halogens is 1. The average molecular weight is 212 g/mol. The van der Waals surface area contributed by atoms with Crippen LogP contribution in [0.25, 0.3) is 0 Å². The standard InChI is InChI=1S/C10H10ClNO2/c1-2-8(13)9-6(10(11)14)4-3-5-7(9)12/h3-5H,2,12H2,1H3. The highest BCUT2D eigenvalue weighted by molar-refractivity contribution is 6.68. The second-order valence-corrected chi connectivity index (χ2v) is 3.16. The van der Waals surface area contributed by atoms with E-state index < -0.39 is 5.24 Å². The lowest BCUT2D eigenvalue weighted by molar-refractivity contribution is 0.0979. The molecule has 1 rings (SSSR count). The summed E-state index contributed by atoms with van der Waals surface area (Å²) in [5, 5.41) is -0.658. The summed E-state index contributed by atoms with van der Waals surface area (Å²) < 4.78 is 0. The van der Waals surface area contributed by atoms with Crippen molar-refractivity contribution < 1.29 is 9.59 Å². The van der Waals surface area contributed by atoms with Gasteiger partial charge in [0, 0.05) is 17.7 Å². The van der Waals surface area contributed by atoms with Gasteiger partial charge in [-0.2, -0.15) is 0 Å². The van der Waals surface area contributed by atoms with Crippen LogP contribution in [0.4, 0.5) is 5.69 Å². The second-order valence-electron chi connectivity index (χ2n) is 2.82. The summed E-state index contributed by atoms with van der Waals surface area (Å²) in [5.74, 6) is -0.174. The Labute approximate surface area is 86.9 Å². The number of Topliss-reactive ketones (excluding diaryl/α,β-unsaturated/α-hetero) is 1. The Morgan fingerprint density at radius 1 is 1.43 bits per heavy atom. The molecule has 2 N–H and O–H groups in total. The minimum absolute atomic E-state index is 0.174. The molecule has 0 spiro atoms. The highest BCUT2D eigenvalue weighted by atomic mass is 35.5. The van der Waals surface area contributed by atoms with E-state index in [0.29, 0.717) is 12.1 Å². The Bertz CT molecular complexity index is 388. The first kappa shape index (κ1) is 10.7. The molecule has 0 aliphatic rings. The third-order valence-electron chi connectivity index (χ3n) is 1.91. The molecule has 0 amide bonds. The molecule has 4 heteroatoms. The Kier molecular flexibility index (Phi) is 3.25. The quantitative estimate of drug-likeness (QED) is 0.474. The number of nitrogen functional groups attached to an aromatic ring is 1. The SMILES string of the molecule is CCC(=O)c1c(N)cccc1C(=O)Cl. The largest absolute Gasteiger partial charge is 0.398 e. The van der Waals surface area contributed by atoms with Crippen molar-refractivity contribution in [1.29, 1.82) is 0 Å². The van der Waals surface area contributed by atoms with E-state index in [-0.39, 0.29) is 16.9 Å². The van der Waals surface area contributed by atoms with E-state index in [1.165, 1.54) is 6.07 Å². The normalized spacial score (nSPS) is 9.86. The summed E-state index contributed by atoms with van der Waals surface area (Å²) in [7, 11) is 0. The summed E-state index contributed by atoms with van der Waals surface area (Å²) in [5.41, 5.74) is 6.31. The zero-order valence-corrected chi connectivity index (χ0v) is 8.47. The molecule has 1 aromatic rings. The number of rotatable bonds is 3. The number of nitrogens with two attached hydrogens (primary N) is 1. The number of carbonyl (C=O) groups excluding carboxylic acids is 2. The molecule has 0 saturated heterocycles. The van der Waals surface area contributed by atoms with Gasteiger partial charge in [-0.15, -0.1) is 0 Å². The minimum atomic E-state index is -0.658. The summed E-state index contributed by atoms with van der Waals surface area (Å²) in [6, 6.07) is 4.66. The van der Waals surface area contributed by atoms with Crippen LogP contribution in [0.1, 0.15) is 34.1 Å². The van der Waals surface area contributed by atoms with Crippen LogP contribution in [0.5, 0.6) is 0 Å². The first-order chi connectivity index (χ1) is 6.57. The van der Waals surface area contributed by atoms with Crippen molar-refractivity contribution in [2.75, 3.05) is 5.73 Å². The van der Waals surface area contributed by atoms with Gasteiger partial charge in [-0.05, 0) is 23.7 Å². The maximum absolute atomic E-state index is 11.5. The molecule has 0 aliphatic heterocycles. The molecule has 0 saturated carbocycles. The van der Waals surface area contributed by atoms with Gasteiger partial charge < -0.3 is 5.73 Å². The molecule has 0 heterocycles. The maximum Gasteiger partial charge on any atom is 0.253 e. The highest BCUT2D eigenvalue weighted by Crippen LogP contribution is 2.20. The average Bonchev–Trinajstić information content (AvgIpc) is 2.16. The van der Waals surface area contributed by atoms with Crippen molar-refractivity contribution in [2.45, 2.75) is 13.3 Å². The topological polar surface area (TPSA) is 60.2 Å². The molecular formula is C10H10ClNO2. The number of anilines is 1. The fraction of sp³-hybridized carbons (Fsp3) is 0.200. The third-order valence-corrected chi connectivity index (χ3v) is 2.11. The van der Waals surface area contributed by atoms with Crippen LogP contribution >= 0.6 is 11.6 Å². The van der Waals surface area contributed by atoms with Gasteiger partial charge in [-0.25, -0.2) is 0 Å². The monoisotopic (exact) mass is 211 g/mol. The van der Waals surface area contributed by atoms with E-state index in [1.54, 1.807) is 19.1 Å². The van der Waals surface area contributed by atoms with Gasteiger partial charge in [0.15, 0.2) is 5.78 Å². The zero-order valence-electron chi connectivity index (χ0n) is 7.71. The zero-order chi connectivity index (χ0) is 10.7. The van der Waals surface area contributed by atoms with E-state index in [1.807, 2.05) is 0 Å². The Hall–Kier alpha value is -1.35. The third kappa shape index (κ3) is 1.93. The first-order valence-electron chi connectivity index (χ1n) is 4.19. The van der Waals surface area contributed by atoms with E-state index >= 15 is 0 Å². The Morgan fingerprint density at radius 2 is 2.07 bits per heavy atom. The Morgan fingerprint density at radius 3 is 2.57 bits per heavy atom. The lowest BCUT2D eigenvalue weighted by Gasteiger charge is -2.06. The van der Waals surface area contributed by atoms with Crippen LogP contribution in [-0.4, -0.2) is 11.0 Å². The highest BCUT2D eigenvalue weighted by Gasteiger charge is 2.16. The lowest BCUT2D eigenvalue weighted by atomic mass is 10.0. The van der Waals surface area contributed by atoms with Crippen LogP contribution in [0.3, 0.4) is 0 Å². The van der Waals surface area contributed by atoms with Gasteiger partial charge >= 0.3 is 0 Å². The van der Waals surface area contributed by atoms with Crippen molar-refractivity contribution in [1.82, 2.24) is 0 Å². The van der Waals surface area contributed by atoms with E-state index in [4.69, 9.17) is 17.3 Å². The van der Waals surface area contributed by atoms with Gasteiger partial charge in [-0.1, -0.05) is 13.0 Å². The van der Waals surface area contributed by atoms with Crippen molar-refractivity contribution in [3.8, 4) is 0 Å². The summed E-state index contributed by atoms with van der Waals surface area (Å²) in [6.07, 6.45) is 0.297. The van der Waals surface area contributed by atoms with Crippen LogP contribution in [0, 0.1) is 0 Å². The van der Waals surface area contributed by atoms with E-state index in [2.05, 4.69) is 0 Å². The predicted octanol–water partition coefficient (Wildman–Crippen LogP) is 2.24. The number of carbonyl (C=O) groups is 2.